The third kappa shape index (κ3) is 3.43. The normalized spacial score (nSPS) is 12.2. The number of rotatable bonds is 3. The number of aromatic nitrogens is 2. The molecule has 2 rings (SSSR count). The fourth-order valence-corrected chi connectivity index (χ4v) is 2.19. The van der Waals surface area contributed by atoms with Gasteiger partial charge in [0.1, 0.15) is 10.4 Å². The number of hydrogen-bond acceptors (Lipinski definition) is 4. The summed E-state index contributed by atoms with van der Waals surface area (Å²) in [5, 5.41) is 3.21. The number of nitrogen functional groups attached to an aromatic ring is 1. The first-order valence-electron chi connectivity index (χ1n) is 5.36. The molecule has 0 spiro atoms. The largest absolute Gasteiger partial charge is 0.383 e. The van der Waals surface area contributed by atoms with E-state index in [-0.39, 0.29) is 6.04 Å². The van der Waals surface area contributed by atoms with Gasteiger partial charge in [0.2, 0.25) is 5.95 Å². The van der Waals surface area contributed by atoms with Gasteiger partial charge in [-0.2, -0.15) is 4.98 Å². The van der Waals surface area contributed by atoms with Crippen LogP contribution in [0.25, 0.3) is 0 Å². The van der Waals surface area contributed by atoms with E-state index >= 15 is 0 Å². The Hall–Kier alpha value is -1.14. The van der Waals surface area contributed by atoms with Crippen LogP contribution < -0.4 is 11.1 Å². The Kier molecular flexibility index (Phi) is 4.19. The molecule has 1 atom stereocenters. The van der Waals surface area contributed by atoms with E-state index in [1.807, 2.05) is 31.2 Å². The minimum Gasteiger partial charge on any atom is -0.383 e. The van der Waals surface area contributed by atoms with E-state index in [0.717, 1.165) is 10.0 Å². The Balaban J connectivity index is 2.15. The number of nitrogens with one attached hydrogen (secondary N) is 1. The summed E-state index contributed by atoms with van der Waals surface area (Å²) >= 11 is 6.70. The van der Waals surface area contributed by atoms with Crippen molar-refractivity contribution in [2.45, 2.75) is 13.0 Å². The molecule has 1 heterocycles. The van der Waals surface area contributed by atoms with Gasteiger partial charge in [-0.05, 0) is 40.5 Å². The Bertz CT molecular complexity index is 522. The molecular formula is C12H12Br2N4. The van der Waals surface area contributed by atoms with Crippen LogP contribution in [0.1, 0.15) is 18.5 Å². The SMILES string of the molecule is CC(Nc1nc(N)cc(Br)n1)c1ccc(Br)cc1. The number of halogens is 2. The van der Waals surface area contributed by atoms with Crippen LogP contribution in [-0.4, -0.2) is 9.97 Å². The second-order valence-corrected chi connectivity index (χ2v) is 5.58. The standard InChI is InChI=1S/C12H12Br2N4/c1-7(8-2-4-9(13)5-3-8)16-12-17-10(14)6-11(15)18-12/h2-7H,1H3,(H3,15,16,17,18). The minimum absolute atomic E-state index is 0.104. The third-order valence-electron chi connectivity index (χ3n) is 2.43. The predicted molar refractivity (Wildman–Crippen MR) is 80.3 cm³/mol. The lowest BCUT2D eigenvalue weighted by molar-refractivity contribution is 0.859. The van der Waals surface area contributed by atoms with Crippen LogP contribution in [0.15, 0.2) is 39.4 Å². The molecule has 1 aromatic heterocycles. The van der Waals surface area contributed by atoms with Crippen molar-refractivity contribution in [1.82, 2.24) is 9.97 Å². The number of nitrogens with two attached hydrogens (primary N) is 1. The fraction of sp³-hybridized carbons (Fsp3) is 0.167. The molecule has 3 N–H and O–H groups in total. The molecule has 0 aliphatic heterocycles. The van der Waals surface area contributed by atoms with Gasteiger partial charge in [-0.1, -0.05) is 28.1 Å². The van der Waals surface area contributed by atoms with Crippen LogP contribution >= 0.6 is 31.9 Å². The smallest absolute Gasteiger partial charge is 0.226 e. The van der Waals surface area contributed by atoms with E-state index < -0.39 is 0 Å². The van der Waals surface area contributed by atoms with Crippen molar-refractivity contribution < 1.29 is 0 Å². The van der Waals surface area contributed by atoms with E-state index in [4.69, 9.17) is 5.73 Å². The topological polar surface area (TPSA) is 63.8 Å². The van der Waals surface area contributed by atoms with Crippen LogP contribution in [0.2, 0.25) is 0 Å². The highest BCUT2D eigenvalue weighted by molar-refractivity contribution is 9.10. The van der Waals surface area contributed by atoms with Gasteiger partial charge < -0.3 is 11.1 Å². The Labute approximate surface area is 122 Å². The molecule has 94 valence electrons. The van der Waals surface area contributed by atoms with E-state index in [1.54, 1.807) is 6.07 Å². The highest BCUT2D eigenvalue weighted by atomic mass is 79.9. The van der Waals surface area contributed by atoms with Gasteiger partial charge in [0.05, 0.1) is 6.04 Å². The molecule has 0 amide bonds. The summed E-state index contributed by atoms with van der Waals surface area (Å²) in [7, 11) is 0. The predicted octanol–water partition coefficient (Wildman–Crippen LogP) is 3.76. The molecule has 4 nitrogen and oxygen atoms in total. The molecule has 18 heavy (non-hydrogen) atoms. The summed E-state index contributed by atoms with van der Waals surface area (Å²) in [6, 6.07) is 9.86. The maximum Gasteiger partial charge on any atom is 0.226 e. The average molecular weight is 372 g/mol. The van der Waals surface area contributed by atoms with Crippen LogP contribution in [0.5, 0.6) is 0 Å². The fourth-order valence-electron chi connectivity index (χ4n) is 1.53. The van der Waals surface area contributed by atoms with Gasteiger partial charge in [0.15, 0.2) is 0 Å². The lowest BCUT2D eigenvalue weighted by Crippen LogP contribution is -2.10. The van der Waals surface area contributed by atoms with Crippen LogP contribution in [0.4, 0.5) is 11.8 Å². The first-order chi connectivity index (χ1) is 8.54. The summed E-state index contributed by atoms with van der Waals surface area (Å²) in [5.41, 5.74) is 6.82. The Morgan fingerprint density at radius 2 is 1.83 bits per heavy atom. The van der Waals surface area contributed by atoms with E-state index in [1.165, 1.54) is 0 Å². The van der Waals surface area contributed by atoms with Crippen molar-refractivity contribution in [1.29, 1.82) is 0 Å². The molecule has 6 heteroatoms. The first-order valence-corrected chi connectivity index (χ1v) is 6.95. The lowest BCUT2D eigenvalue weighted by Gasteiger charge is -2.14. The first kappa shape index (κ1) is 13.3. The van der Waals surface area contributed by atoms with Crippen molar-refractivity contribution in [2.75, 3.05) is 11.1 Å². The van der Waals surface area contributed by atoms with Crippen LogP contribution in [0, 0.1) is 0 Å². The van der Waals surface area contributed by atoms with Crippen molar-refractivity contribution in [2.24, 2.45) is 0 Å². The molecule has 0 radical (unpaired) electrons. The maximum absolute atomic E-state index is 5.67. The molecule has 1 aromatic carbocycles. The third-order valence-corrected chi connectivity index (χ3v) is 3.37. The zero-order chi connectivity index (χ0) is 13.1. The molecule has 1 unspecified atom stereocenters. The van der Waals surface area contributed by atoms with Crippen molar-refractivity contribution in [3.63, 3.8) is 0 Å². The molecule has 0 aliphatic carbocycles. The van der Waals surface area contributed by atoms with E-state index in [2.05, 4.69) is 47.1 Å². The van der Waals surface area contributed by atoms with Gasteiger partial charge in [0, 0.05) is 10.5 Å². The quantitative estimate of drug-likeness (QED) is 0.806. The summed E-state index contributed by atoms with van der Waals surface area (Å²) in [6.45, 7) is 2.05. The van der Waals surface area contributed by atoms with Crippen molar-refractivity contribution in [3.05, 3.63) is 45.0 Å². The molecule has 2 aromatic rings. The number of benzene rings is 1. The van der Waals surface area contributed by atoms with Crippen LogP contribution in [0.3, 0.4) is 0 Å². The van der Waals surface area contributed by atoms with Gasteiger partial charge in [0.25, 0.3) is 0 Å². The Morgan fingerprint density at radius 3 is 2.44 bits per heavy atom. The molecule has 0 saturated carbocycles. The van der Waals surface area contributed by atoms with E-state index in [9.17, 15) is 0 Å². The molecule has 0 bridgehead atoms. The summed E-state index contributed by atoms with van der Waals surface area (Å²) in [4.78, 5) is 8.36. The minimum atomic E-state index is 0.104. The molecule has 0 fully saturated rings. The van der Waals surface area contributed by atoms with Crippen molar-refractivity contribution >= 4 is 43.6 Å². The monoisotopic (exact) mass is 370 g/mol. The molecular weight excluding hydrogens is 360 g/mol. The summed E-state index contributed by atoms with van der Waals surface area (Å²) < 4.78 is 1.72. The van der Waals surface area contributed by atoms with Crippen molar-refractivity contribution in [3.8, 4) is 0 Å². The molecule has 0 aliphatic rings. The number of nitrogens with zero attached hydrogens (tertiary/aromatic N) is 2. The lowest BCUT2D eigenvalue weighted by atomic mass is 10.1. The maximum atomic E-state index is 5.67. The van der Waals surface area contributed by atoms with E-state index in [0.29, 0.717) is 16.4 Å². The second-order valence-electron chi connectivity index (χ2n) is 3.86. The molecule has 0 saturated heterocycles. The number of anilines is 2. The zero-order valence-corrected chi connectivity index (χ0v) is 12.9. The highest BCUT2D eigenvalue weighted by Crippen LogP contribution is 2.21. The highest BCUT2D eigenvalue weighted by Gasteiger charge is 2.08. The summed E-state index contributed by atoms with van der Waals surface area (Å²) in [6.07, 6.45) is 0. The van der Waals surface area contributed by atoms with Gasteiger partial charge >= 0.3 is 0 Å². The summed E-state index contributed by atoms with van der Waals surface area (Å²) in [5.74, 6) is 0.944. The van der Waals surface area contributed by atoms with Gasteiger partial charge in [-0.25, -0.2) is 4.98 Å². The van der Waals surface area contributed by atoms with Gasteiger partial charge in [-0.3, -0.25) is 0 Å². The Morgan fingerprint density at radius 1 is 1.17 bits per heavy atom. The second kappa shape index (κ2) is 5.67. The zero-order valence-electron chi connectivity index (χ0n) is 9.69. The average Bonchev–Trinajstić information content (AvgIpc) is 2.28. The van der Waals surface area contributed by atoms with Crippen LogP contribution in [-0.2, 0) is 0 Å². The number of hydrogen-bond donors (Lipinski definition) is 2. The van der Waals surface area contributed by atoms with Gasteiger partial charge in [-0.15, -0.1) is 0 Å².